The zero-order valence-electron chi connectivity index (χ0n) is 14.6. The standard InChI is InChI=1S/C18H21N3O4/c1-12(13-6-5-7-15(10-13)21(23)24)19-16-11-14(18(22)20(2)3)8-9-17(16)25-4/h5-12,19H,1-4H3. The zero-order chi connectivity index (χ0) is 18.6. The number of carbonyl (C=O) groups excluding carboxylic acids is 1. The largest absolute Gasteiger partial charge is 0.495 e. The Kier molecular flexibility index (Phi) is 5.59. The maximum absolute atomic E-state index is 12.2. The molecule has 2 aromatic rings. The summed E-state index contributed by atoms with van der Waals surface area (Å²) < 4.78 is 5.34. The molecule has 0 radical (unpaired) electrons. The van der Waals surface area contributed by atoms with Gasteiger partial charge in [0.2, 0.25) is 0 Å². The molecule has 1 unspecified atom stereocenters. The average Bonchev–Trinajstić information content (AvgIpc) is 2.60. The van der Waals surface area contributed by atoms with Gasteiger partial charge in [0.1, 0.15) is 5.75 Å². The first-order chi connectivity index (χ1) is 11.8. The summed E-state index contributed by atoms with van der Waals surface area (Å²) in [5.74, 6) is 0.473. The highest BCUT2D eigenvalue weighted by atomic mass is 16.6. The van der Waals surface area contributed by atoms with Gasteiger partial charge in [-0.2, -0.15) is 0 Å². The summed E-state index contributed by atoms with van der Waals surface area (Å²) in [5, 5.41) is 14.2. The molecule has 0 saturated heterocycles. The fourth-order valence-corrected chi connectivity index (χ4v) is 2.44. The van der Waals surface area contributed by atoms with Gasteiger partial charge in [0.25, 0.3) is 11.6 Å². The van der Waals surface area contributed by atoms with Gasteiger partial charge in [-0.3, -0.25) is 14.9 Å². The van der Waals surface area contributed by atoms with E-state index >= 15 is 0 Å². The molecule has 0 aliphatic heterocycles. The number of methoxy groups -OCH3 is 1. The highest BCUT2D eigenvalue weighted by Crippen LogP contribution is 2.30. The van der Waals surface area contributed by atoms with E-state index < -0.39 is 4.92 Å². The lowest BCUT2D eigenvalue weighted by Gasteiger charge is -2.19. The molecule has 0 aliphatic rings. The summed E-state index contributed by atoms with van der Waals surface area (Å²) in [5.41, 5.74) is 1.98. The number of nitro benzene ring substituents is 1. The number of non-ortho nitro benzene ring substituents is 1. The van der Waals surface area contributed by atoms with Crippen molar-refractivity contribution in [2.24, 2.45) is 0 Å². The number of carbonyl (C=O) groups is 1. The number of amides is 1. The molecule has 0 spiro atoms. The van der Waals surface area contributed by atoms with Gasteiger partial charge in [0, 0.05) is 37.8 Å². The van der Waals surface area contributed by atoms with Gasteiger partial charge in [-0.15, -0.1) is 0 Å². The molecular formula is C18H21N3O4. The molecular weight excluding hydrogens is 322 g/mol. The first-order valence-corrected chi connectivity index (χ1v) is 7.74. The lowest BCUT2D eigenvalue weighted by atomic mass is 10.1. The normalized spacial score (nSPS) is 11.5. The molecule has 0 aromatic heterocycles. The van der Waals surface area contributed by atoms with E-state index in [1.807, 2.05) is 13.0 Å². The van der Waals surface area contributed by atoms with E-state index in [2.05, 4.69) is 5.32 Å². The first kappa shape index (κ1) is 18.3. The van der Waals surface area contributed by atoms with E-state index in [0.29, 0.717) is 17.0 Å². The van der Waals surface area contributed by atoms with Crippen LogP contribution >= 0.6 is 0 Å². The van der Waals surface area contributed by atoms with Crippen LogP contribution in [0.3, 0.4) is 0 Å². The lowest BCUT2D eigenvalue weighted by molar-refractivity contribution is -0.384. The van der Waals surface area contributed by atoms with E-state index in [4.69, 9.17) is 4.74 Å². The van der Waals surface area contributed by atoms with Crippen LogP contribution in [0.5, 0.6) is 5.75 Å². The van der Waals surface area contributed by atoms with E-state index in [-0.39, 0.29) is 17.6 Å². The molecule has 2 rings (SSSR count). The fraction of sp³-hybridized carbons (Fsp3) is 0.278. The van der Waals surface area contributed by atoms with Crippen LogP contribution in [0, 0.1) is 10.1 Å². The molecule has 0 bridgehead atoms. The van der Waals surface area contributed by atoms with Crippen molar-refractivity contribution in [2.45, 2.75) is 13.0 Å². The number of rotatable bonds is 6. The maximum atomic E-state index is 12.2. The number of hydrogen-bond donors (Lipinski definition) is 1. The molecule has 1 atom stereocenters. The van der Waals surface area contributed by atoms with Crippen LogP contribution < -0.4 is 10.1 Å². The minimum absolute atomic E-state index is 0.0367. The summed E-state index contributed by atoms with van der Waals surface area (Å²) in [6.07, 6.45) is 0. The number of nitro groups is 1. The van der Waals surface area contributed by atoms with Crippen molar-refractivity contribution in [1.82, 2.24) is 4.90 Å². The highest BCUT2D eigenvalue weighted by molar-refractivity contribution is 5.95. The monoisotopic (exact) mass is 343 g/mol. The Morgan fingerprint density at radius 3 is 2.56 bits per heavy atom. The van der Waals surface area contributed by atoms with E-state index in [9.17, 15) is 14.9 Å². The predicted molar refractivity (Wildman–Crippen MR) is 96.1 cm³/mol. The second kappa shape index (κ2) is 7.65. The molecule has 0 saturated carbocycles. The van der Waals surface area contributed by atoms with Crippen molar-refractivity contribution < 1.29 is 14.5 Å². The van der Waals surface area contributed by atoms with Crippen molar-refractivity contribution in [1.29, 1.82) is 0 Å². The number of benzene rings is 2. The van der Waals surface area contributed by atoms with Crippen LogP contribution in [0.15, 0.2) is 42.5 Å². The molecule has 1 amide bonds. The molecule has 0 heterocycles. The van der Waals surface area contributed by atoms with Crippen LogP contribution in [-0.2, 0) is 0 Å². The van der Waals surface area contributed by atoms with Gasteiger partial charge < -0.3 is 15.0 Å². The maximum Gasteiger partial charge on any atom is 0.269 e. The summed E-state index contributed by atoms with van der Waals surface area (Å²) in [4.78, 5) is 24.2. The Balaban J connectivity index is 2.31. The van der Waals surface area contributed by atoms with E-state index in [1.165, 1.54) is 17.0 Å². The topological polar surface area (TPSA) is 84.7 Å². The van der Waals surface area contributed by atoms with Gasteiger partial charge in [-0.1, -0.05) is 12.1 Å². The number of hydrogen-bond acceptors (Lipinski definition) is 5. The molecule has 2 aromatic carbocycles. The Morgan fingerprint density at radius 1 is 1.24 bits per heavy atom. The summed E-state index contributed by atoms with van der Waals surface area (Å²) >= 11 is 0. The van der Waals surface area contributed by atoms with E-state index in [1.54, 1.807) is 45.5 Å². The van der Waals surface area contributed by atoms with Crippen LogP contribution in [0.1, 0.15) is 28.9 Å². The van der Waals surface area contributed by atoms with Gasteiger partial charge in [-0.05, 0) is 30.7 Å². The van der Waals surface area contributed by atoms with Crippen LogP contribution in [0.2, 0.25) is 0 Å². The Hall–Kier alpha value is -3.09. The van der Waals surface area contributed by atoms with Crippen LogP contribution in [0.25, 0.3) is 0 Å². The van der Waals surface area contributed by atoms with Gasteiger partial charge in [0.05, 0.1) is 17.7 Å². The number of nitrogens with one attached hydrogen (secondary N) is 1. The van der Waals surface area contributed by atoms with Gasteiger partial charge in [-0.25, -0.2) is 0 Å². The van der Waals surface area contributed by atoms with E-state index in [0.717, 1.165) is 5.56 Å². The van der Waals surface area contributed by atoms with Crippen molar-refractivity contribution in [2.75, 3.05) is 26.5 Å². The zero-order valence-corrected chi connectivity index (χ0v) is 14.6. The quantitative estimate of drug-likeness (QED) is 0.641. The Labute approximate surface area is 146 Å². The van der Waals surface area contributed by atoms with Crippen LogP contribution in [-0.4, -0.2) is 36.9 Å². The average molecular weight is 343 g/mol. The Morgan fingerprint density at radius 2 is 1.96 bits per heavy atom. The molecule has 7 heteroatoms. The summed E-state index contributed by atoms with van der Waals surface area (Å²) in [7, 11) is 4.92. The second-order valence-electron chi connectivity index (χ2n) is 5.83. The fourth-order valence-electron chi connectivity index (χ4n) is 2.44. The Bertz CT molecular complexity index is 790. The third kappa shape index (κ3) is 4.26. The van der Waals surface area contributed by atoms with Crippen molar-refractivity contribution in [3.63, 3.8) is 0 Å². The lowest BCUT2D eigenvalue weighted by Crippen LogP contribution is -2.21. The first-order valence-electron chi connectivity index (χ1n) is 7.74. The van der Waals surface area contributed by atoms with Crippen molar-refractivity contribution in [3.8, 4) is 5.75 Å². The minimum Gasteiger partial charge on any atom is -0.495 e. The SMILES string of the molecule is COc1ccc(C(=O)N(C)C)cc1NC(C)c1cccc([N+](=O)[O-])c1. The molecule has 0 aliphatic carbocycles. The third-order valence-corrected chi connectivity index (χ3v) is 3.81. The molecule has 1 N–H and O–H groups in total. The molecule has 132 valence electrons. The second-order valence-corrected chi connectivity index (χ2v) is 5.83. The molecule has 25 heavy (non-hydrogen) atoms. The minimum atomic E-state index is -0.423. The predicted octanol–water partition coefficient (Wildman–Crippen LogP) is 3.48. The van der Waals surface area contributed by atoms with Crippen LogP contribution in [0.4, 0.5) is 11.4 Å². The number of ether oxygens (including phenoxy) is 1. The number of anilines is 1. The molecule has 0 fully saturated rings. The van der Waals surface area contributed by atoms with Crippen molar-refractivity contribution in [3.05, 3.63) is 63.7 Å². The summed E-state index contributed by atoms with van der Waals surface area (Å²) in [6, 6.07) is 11.4. The smallest absolute Gasteiger partial charge is 0.269 e. The van der Waals surface area contributed by atoms with Gasteiger partial charge >= 0.3 is 0 Å². The highest BCUT2D eigenvalue weighted by Gasteiger charge is 2.15. The number of nitrogens with zero attached hydrogens (tertiary/aromatic N) is 2. The van der Waals surface area contributed by atoms with Crippen molar-refractivity contribution >= 4 is 17.3 Å². The summed E-state index contributed by atoms with van der Waals surface area (Å²) in [6.45, 7) is 1.89. The third-order valence-electron chi connectivity index (χ3n) is 3.81. The molecule has 7 nitrogen and oxygen atoms in total. The van der Waals surface area contributed by atoms with Gasteiger partial charge in [0.15, 0.2) is 0 Å².